The third-order valence-corrected chi connectivity index (χ3v) is 4.12. The van der Waals surface area contributed by atoms with Crippen molar-refractivity contribution in [3.8, 4) is 0 Å². The number of non-ortho nitro benzene ring substituents is 4. The van der Waals surface area contributed by atoms with E-state index in [1.54, 1.807) is 0 Å². The number of aromatic nitrogens is 3. The molecule has 0 unspecified atom stereocenters. The first-order valence-corrected chi connectivity index (χ1v) is 8.87. The van der Waals surface area contributed by atoms with Crippen LogP contribution in [0.25, 0.3) is 0 Å². The molecule has 2 amide bonds. The summed E-state index contributed by atoms with van der Waals surface area (Å²) in [7, 11) is 0. The zero-order valence-electron chi connectivity index (χ0n) is 16.7. The quantitative estimate of drug-likeness (QED) is 0.303. The van der Waals surface area contributed by atoms with Crippen molar-refractivity contribution in [1.82, 2.24) is 15.2 Å². The van der Waals surface area contributed by atoms with Crippen LogP contribution in [0.3, 0.4) is 0 Å². The largest absolute Gasteiger partial charge is 0.291 e. The molecular formula is C16H9N9O10. The number of hydrogen-bond donors (Lipinski definition) is 3. The van der Waals surface area contributed by atoms with Gasteiger partial charge in [-0.05, 0) is 0 Å². The van der Waals surface area contributed by atoms with Gasteiger partial charge in [0.15, 0.2) is 0 Å². The van der Waals surface area contributed by atoms with E-state index in [2.05, 4.69) is 25.8 Å². The number of nitro benzene ring substituents is 4. The van der Waals surface area contributed by atoms with Crippen molar-refractivity contribution in [1.29, 1.82) is 0 Å². The number of carbonyl (C=O) groups excluding carboxylic acids is 2. The molecule has 0 radical (unpaired) electrons. The minimum Gasteiger partial charge on any atom is -0.291 e. The highest BCUT2D eigenvalue weighted by Gasteiger charge is 2.22. The molecule has 0 fully saturated rings. The van der Waals surface area contributed by atoms with E-state index in [9.17, 15) is 50.0 Å². The van der Waals surface area contributed by atoms with Crippen LogP contribution in [0.15, 0.2) is 36.4 Å². The highest BCUT2D eigenvalue weighted by atomic mass is 16.6. The standard InChI is InChI=1S/C16H9N9O10/c26-13(7-1-9(22(28)29)5-10(2-7)23(30)31)17-15-19-16(21-20-15)18-14(27)8-3-11(24(32)33)6-12(4-8)25(34)35/h1-6H,(H3,17,18,19,20,21,26,27). The summed E-state index contributed by atoms with van der Waals surface area (Å²) in [6.45, 7) is 0. The van der Waals surface area contributed by atoms with Crippen molar-refractivity contribution in [2.45, 2.75) is 0 Å². The molecule has 0 aliphatic carbocycles. The molecule has 0 spiro atoms. The van der Waals surface area contributed by atoms with Crippen molar-refractivity contribution in [2.75, 3.05) is 10.6 Å². The predicted octanol–water partition coefficient (Wildman–Crippen LogP) is 1.94. The monoisotopic (exact) mass is 487 g/mol. The van der Waals surface area contributed by atoms with E-state index in [-0.39, 0.29) is 5.95 Å². The van der Waals surface area contributed by atoms with Crippen molar-refractivity contribution >= 4 is 46.5 Å². The number of nitrogens with one attached hydrogen (secondary N) is 3. The number of benzene rings is 2. The molecule has 0 aliphatic heterocycles. The lowest BCUT2D eigenvalue weighted by Crippen LogP contribution is -2.15. The second-order valence-corrected chi connectivity index (χ2v) is 6.42. The van der Waals surface area contributed by atoms with Gasteiger partial charge < -0.3 is 0 Å². The van der Waals surface area contributed by atoms with Crippen LogP contribution in [0.1, 0.15) is 20.7 Å². The van der Waals surface area contributed by atoms with Crippen molar-refractivity contribution in [3.05, 3.63) is 88.0 Å². The van der Waals surface area contributed by atoms with Gasteiger partial charge in [0.05, 0.1) is 43.0 Å². The lowest BCUT2D eigenvalue weighted by molar-refractivity contribution is -0.394. The van der Waals surface area contributed by atoms with Gasteiger partial charge in [0, 0.05) is 24.3 Å². The maximum absolute atomic E-state index is 12.4. The van der Waals surface area contributed by atoms with Crippen LogP contribution < -0.4 is 10.6 Å². The summed E-state index contributed by atoms with van der Waals surface area (Å²) in [5.41, 5.74) is -3.74. The van der Waals surface area contributed by atoms with Crippen molar-refractivity contribution in [2.24, 2.45) is 0 Å². The molecule has 2 aromatic carbocycles. The van der Waals surface area contributed by atoms with E-state index in [0.29, 0.717) is 12.1 Å². The number of amides is 2. The van der Waals surface area contributed by atoms with Crippen LogP contribution in [-0.4, -0.2) is 46.7 Å². The van der Waals surface area contributed by atoms with Gasteiger partial charge in [0.1, 0.15) is 0 Å². The summed E-state index contributed by atoms with van der Waals surface area (Å²) in [4.78, 5) is 68.5. The summed E-state index contributed by atoms with van der Waals surface area (Å²) in [6, 6.07) is 4.47. The fourth-order valence-electron chi connectivity index (χ4n) is 2.60. The number of carbonyl (C=O) groups is 2. The van der Waals surface area contributed by atoms with E-state index in [4.69, 9.17) is 0 Å². The van der Waals surface area contributed by atoms with E-state index >= 15 is 0 Å². The Morgan fingerprint density at radius 2 is 1.03 bits per heavy atom. The Balaban J connectivity index is 1.78. The second-order valence-electron chi connectivity index (χ2n) is 6.42. The van der Waals surface area contributed by atoms with Gasteiger partial charge in [0.2, 0.25) is 5.95 Å². The number of rotatable bonds is 8. The number of nitro groups is 4. The zero-order valence-corrected chi connectivity index (χ0v) is 16.7. The normalized spacial score (nSPS) is 10.3. The lowest BCUT2D eigenvalue weighted by atomic mass is 10.1. The Morgan fingerprint density at radius 1 is 0.657 bits per heavy atom. The Kier molecular flexibility index (Phi) is 6.33. The third kappa shape index (κ3) is 5.49. The summed E-state index contributed by atoms with van der Waals surface area (Å²) in [5.74, 6) is -2.93. The van der Waals surface area contributed by atoms with Crippen molar-refractivity contribution in [3.63, 3.8) is 0 Å². The molecule has 35 heavy (non-hydrogen) atoms. The molecule has 3 N–H and O–H groups in total. The van der Waals surface area contributed by atoms with Gasteiger partial charge in [-0.1, -0.05) is 0 Å². The number of aromatic amines is 1. The van der Waals surface area contributed by atoms with Gasteiger partial charge in [-0.3, -0.25) is 60.7 Å². The highest BCUT2D eigenvalue weighted by Crippen LogP contribution is 2.24. The summed E-state index contributed by atoms with van der Waals surface area (Å²) < 4.78 is 0. The maximum atomic E-state index is 12.4. The first-order chi connectivity index (χ1) is 16.4. The molecule has 3 rings (SSSR count). The Labute approximate surface area is 190 Å². The minimum absolute atomic E-state index is 0.385. The minimum atomic E-state index is -1.05. The maximum Gasteiger partial charge on any atom is 0.277 e. The molecule has 1 aromatic heterocycles. The summed E-state index contributed by atoms with van der Waals surface area (Å²) in [6.07, 6.45) is 0. The van der Waals surface area contributed by atoms with E-state index in [1.165, 1.54) is 0 Å². The van der Waals surface area contributed by atoms with Gasteiger partial charge in [-0.2, -0.15) is 4.98 Å². The van der Waals surface area contributed by atoms with Crippen LogP contribution >= 0.6 is 0 Å². The molecule has 0 saturated carbocycles. The molecule has 0 bridgehead atoms. The molecule has 0 saturated heterocycles. The fraction of sp³-hybridized carbons (Fsp3) is 0. The first-order valence-electron chi connectivity index (χ1n) is 8.87. The Bertz CT molecular complexity index is 1250. The SMILES string of the molecule is O=C(Nc1n[nH]c(NC(=O)c2cc([N+](=O)[O-])cc([N+](=O)[O-])c2)n1)c1cc([N+](=O)[O-])cc([N+](=O)[O-])c1. The molecular weight excluding hydrogens is 478 g/mol. The predicted molar refractivity (Wildman–Crippen MR) is 112 cm³/mol. The van der Waals surface area contributed by atoms with Gasteiger partial charge >= 0.3 is 0 Å². The second kappa shape index (κ2) is 9.32. The topological polar surface area (TPSA) is 272 Å². The molecule has 0 atom stereocenters. The first kappa shape index (κ1) is 23.8. The molecule has 19 nitrogen and oxygen atoms in total. The average molecular weight is 487 g/mol. The van der Waals surface area contributed by atoms with Crippen LogP contribution in [-0.2, 0) is 0 Å². The van der Waals surface area contributed by atoms with Crippen LogP contribution in [0, 0.1) is 40.5 Å². The van der Waals surface area contributed by atoms with Crippen LogP contribution in [0.5, 0.6) is 0 Å². The van der Waals surface area contributed by atoms with E-state index in [1.807, 2.05) is 0 Å². The number of H-pyrrole nitrogens is 1. The molecule has 3 aromatic rings. The van der Waals surface area contributed by atoms with Crippen LogP contribution in [0.2, 0.25) is 0 Å². The third-order valence-electron chi connectivity index (χ3n) is 4.12. The Morgan fingerprint density at radius 3 is 1.40 bits per heavy atom. The van der Waals surface area contributed by atoms with Gasteiger partial charge in [-0.15, -0.1) is 5.10 Å². The summed E-state index contributed by atoms with van der Waals surface area (Å²) in [5, 5.41) is 53.8. The molecule has 1 heterocycles. The van der Waals surface area contributed by atoms with Crippen LogP contribution in [0.4, 0.5) is 34.6 Å². The Hall–Kier alpha value is -5.88. The van der Waals surface area contributed by atoms with E-state index in [0.717, 1.165) is 24.3 Å². The number of anilines is 2. The summed E-state index contributed by atoms with van der Waals surface area (Å²) >= 11 is 0. The zero-order chi connectivity index (χ0) is 25.9. The average Bonchev–Trinajstić information content (AvgIpc) is 3.24. The molecule has 0 aliphatic rings. The van der Waals surface area contributed by atoms with Crippen molar-refractivity contribution < 1.29 is 29.3 Å². The van der Waals surface area contributed by atoms with Gasteiger partial charge in [0.25, 0.3) is 40.5 Å². The lowest BCUT2D eigenvalue weighted by Gasteiger charge is -2.02. The van der Waals surface area contributed by atoms with E-state index < -0.39 is 71.3 Å². The highest BCUT2D eigenvalue weighted by molar-refractivity contribution is 6.05. The van der Waals surface area contributed by atoms with Gasteiger partial charge in [-0.25, -0.2) is 5.10 Å². The smallest absolute Gasteiger partial charge is 0.277 e. The number of hydrogen-bond acceptors (Lipinski definition) is 12. The fourth-order valence-corrected chi connectivity index (χ4v) is 2.60. The number of nitrogens with zero attached hydrogens (tertiary/aromatic N) is 6. The molecule has 178 valence electrons. The molecule has 19 heteroatoms.